The second kappa shape index (κ2) is 6.04. The molecule has 1 amide bonds. The molecule has 1 fully saturated rings. The Labute approximate surface area is 115 Å². The largest absolute Gasteiger partial charge is 0.373 e. The molecular weight excluding hydrogens is 238 g/mol. The minimum atomic E-state index is 0.112. The Kier molecular flexibility index (Phi) is 4.40. The number of aromatic nitrogens is 1. The van der Waals surface area contributed by atoms with E-state index in [1.165, 1.54) is 6.42 Å². The van der Waals surface area contributed by atoms with Gasteiger partial charge in [-0.25, -0.2) is 4.98 Å². The Morgan fingerprint density at radius 2 is 2.21 bits per heavy atom. The molecule has 1 aromatic heterocycles. The molecule has 1 saturated carbocycles. The first-order valence-electron chi connectivity index (χ1n) is 7.11. The molecule has 0 spiro atoms. The van der Waals surface area contributed by atoms with E-state index in [2.05, 4.69) is 17.2 Å². The number of aryl methyl sites for hydroxylation is 1. The van der Waals surface area contributed by atoms with Crippen LogP contribution in [-0.4, -0.2) is 35.9 Å². The van der Waals surface area contributed by atoms with Gasteiger partial charge in [0.2, 0.25) is 0 Å². The molecule has 1 N–H and O–H groups in total. The van der Waals surface area contributed by atoms with Crippen LogP contribution in [0.5, 0.6) is 0 Å². The van der Waals surface area contributed by atoms with E-state index in [0.29, 0.717) is 6.04 Å². The normalized spacial score (nSPS) is 14.9. The van der Waals surface area contributed by atoms with Crippen molar-refractivity contribution in [3.63, 3.8) is 0 Å². The Hall–Kier alpha value is -1.58. The molecule has 0 saturated heterocycles. The average Bonchev–Trinajstić information content (AvgIpc) is 2.35. The van der Waals surface area contributed by atoms with Gasteiger partial charge in [-0.15, -0.1) is 0 Å². The molecule has 1 aromatic rings. The van der Waals surface area contributed by atoms with Gasteiger partial charge in [-0.3, -0.25) is 4.79 Å². The van der Waals surface area contributed by atoms with Gasteiger partial charge in [0.05, 0.1) is 0 Å². The predicted molar refractivity (Wildman–Crippen MR) is 77.5 cm³/mol. The summed E-state index contributed by atoms with van der Waals surface area (Å²) >= 11 is 0. The van der Waals surface area contributed by atoms with Crippen molar-refractivity contribution in [2.24, 2.45) is 0 Å². The highest BCUT2D eigenvalue weighted by molar-refractivity contribution is 5.95. The van der Waals surface area contributed by atoms with Crippen molar-refractivity contribution in [2.45, 2.75) is 45.1 Å². The van der Waals surface area contributed by atoms with Crippen LogP contribution in [0.3, 0.4) is 0 Å². The third kappa shape index (κ3) is 3.06. The second-order valence-electron chi connectivity index (χ2n) is 5.23. The Morgan fingerprint density at radius 3 is 2.74 bits per heavy atom. The third-order valence-corrected chi connectivity index (χ3v) is 3.83. The monoisotopic (exact) mass is 261 g/mol. The number of carbonyl (C=O) groups excluding carboxylic acids is 1. The first-order chi connectivity index (χ1) is 9.15. The summed E-state index contributed by atoms with van der Waals surface area (Å²) in [6.45, 7) is 2.12. The molecule has 4 heteroatoms. The summed E-state index contributed by atoms with van der Waals surface area (Å²) in [7, 11) is 3.74. The van der Waals surface area contributed by atoms with E-state index in [1.807, 2.05) is 31.1 Å². The lowest BCUT2D eigenvalue weighted by Crippen LogP contribution is -2.41. The SMILES string of the molecule is CCCc1cc(C(=O)N(C)C2CCC2)cc(NC)n1. The zero-order valence-electron chi connectivity index (χ0n) is 12.1. The molecule has 0 atom stereocenters. The van der Waals surface area contributed by atoms with E-state index in [-0.39, 0.29) is 5.91 Å². The van der Waals surface area contributed by atoms with Crippen molar-refractivity contribution in [1.82, 2.24) is 9.88 Å². The second-order valence-corrected chi connectivity index (χ2v) is 5.23. The van der Waals surface area contributed by atoms with Crippen molar-refractivity contribution < 1.29 is 4.79 Å². The van der Waals surface area contributed by atoms with Gasteiger partial charge in [0.25, 0.3) is 5.91 Å². The van der Waals surface area contributed by atoms with Gasteiger partial charge >= 0.3 is 0 Å². The number of hydrogen-bond donors (Lipinski definition) is 1. The summed E-state index contributed by atoms with van der Waals surface area (Å²) in [4.78, 5) is 18.8. The Balaban J connectivity index is 2.21. The number of anilines is 1. The maximum absolute atomic E-state index is 12.5. The van der Waals surface area contributed by atoms with Gasteiger partial charge < -0.3 is 10.2 Å². The summed E-state index contributed by atoms with van der Waals surface area (Å²) in [5, 5.41) is 3.04. The van der Waals surface area contributed by atoms with Crippen LogP contribution in [0.1, 0.15) is 48.7 Å². The van der Waals surface area contributed by atoms with Crippen LogP contribution in [0.15, 0.2) is 12.1 Å². The molecule has 1 heterocycles. The molecule has 4 nitrogen and oxygen atoms in total. The van der Waals surface area contributed by atoms with Crippen LogP contribution < -0.4 is 5.32 Å². The van der Waals surface area contributed by atoms with Crippen molar-refractivity contribution >= 4 is 11.7 Å². The highest BCUT2D eigenvalue weighted by Crippen LogP contribution is 2.25. The van der Waals surface area contributed by atoms with Crippen LogP contribution in [-0.2, 0) is 6.42 Å². The van der Waals surface area contributed by atoms with Crippen molar-refractivity contribution in [3.05, 3.63) is 23.4 Å². The van der Waals surface area contributed by atoms with E-state index in [9.17, 15) is 4.79 Å². The molecule has 0 aliphatic heterocycles. The predicted octanol–water partition coefficient (Wildman–Crippen LogP) is 2.70. The summed E-state index contributed by atoms with van der Waals surface area (Å²) in [5.74, 6) is 0.886. The molecule has 0 aromatic carbocycles. The minimum absolute atomic E-state index is 0.112. The van der Waals surface area contributed by atoms with Crippen LogP contribution in [0.25, 0.3) is 0 Å². The number of pyridine rings is 1. The molecule has 0 unspecified atom stereocenters. The fourth-order valence-electron chi connectivity index (χ4n) is 2.37. The van der Waals surface area contributed by atoms with Gasteiger partial charge in [0.1, 0.15) is 5.82 Å². The molecule has 2 rings (SSSR count). The highest BCUT2D eigenvalue weighted by Gasteiger charge is 2.26. The first-order valence-corrected chi connectivity index (χ1v) is 7.11. The molecule has 1 aliphatic rings. The lowest BCUT2D eigenvalue weighted by Gasteiger charge is -2.34. The van der Waals surface area contributed by atoms with E-state index in [1.54, 1.807) is 0 Å². The van der Waals surface area contributed by atoms with Crippen LogP contribution in [0.4, 0.5) is 5.82 Å². The van der Waals surface area contributed by atoms with Gasteiger partial charge in [-0.1, -0.05) is 13.3 Å². The van der Waals surface area contributed by atoms with E-state index < -0.39 is 0 Å². The number of nitrogens with one attached hydrogen (secondary N) is 1. The Morgan fingerprint density at radius 1 is 1.47 bits per heavy atom. The fraction of sp³-hybridized carbons (Fsp3) is 0.600. The smallest absolute Gasteiger partial charge is 0.254 e. The molecule has 19 heavy (non-hydrogen) atoms. The quantitative estimate of drug-likeness (QED) is 0.886. The highest BCUT2D eigenvalue weighted by atomic mass is 16.2. The maximum atomic E-state index is 12.5. The standard InChI is InChI=1S/C15H23N3O/c1-4-6-12-9-11(10-14(16-2)17-12)15(19)18(3)13-7-5-8-13/h9-10,13H,4-8H2,1-3H3,(H,16,17). The van der Waals surface area contributed by atoms with Crippen LogP contribution in [0.2, 0.25) is 0 Å². The molecule has 0 radical (unpaired) electrons. The van der Waals surface area contributed by atoms with Crippen molar-refractivity contribution in [2.75, 3.05) is 19.4 Å². The summed E-state index contributed by atoms with van der Waals surface area (Å²) in [6, 6.07) is 4.20. The zero-order chi connectivity index (χ0) is 13.8. The molecule has 104 valence electrons. The zero-order valence-corrected chi connectivity index (χ0v) is 12.1. The third-order valence-electron chi connectivity index (χ3n) is 3.83. The van der Waals surface area contributed by atoms with Gasteiger partial charge in [-0.2, -0.15) is 0 Å². The maximum Gasteiger partial charge on any atom is 0.254 e. The minimum Gasteiger partial charge on any atom is -0.373 e. The number of rotatable bonds is 5. The van der Waals surface area contributed by atoms with E-state index >= 15 is 0 Å². The number of carbonyl (C=O) groups is 1. The van der Waals surface area contributed by atoms with Crippen molar-refractivity contribution in [3.8, 4) is 0 Å². The topological polar surface area (TPSA) is 45.2 Å². The summed E-state index contributed by atoms with van der Waals surface area (Å²) in [5.41, 5.74) is 1.73. The summed E-state index contributed by atoms with van der Waals surface area (Å²) < 4.78 is 0. The van der Waals surface area contributed by atoms with Crippen LogP contribution >= 0.6 is 0 Å². The fourth-order valence-corrected chi connectivity index (χ4v) is 2.37. The summed E-state index contributed by atoms with van der Waals surface area (Å²) in [6.07, 6.45) is 5.44. The van der Waals surface area contributed by atoms with Crippen LogP contribution in [0, 0.1) is 0 Å². The van der Waals surface area contributed by atoms with Gasteiger partial charge in [0, 0.05) is 31.4 Å². The number of nitrogens with zero attached hydrogens (tertiary/aromatic N) is 2. The van der Waals surface area contributed by atoms with E-state index in [4.69, 9.17) is 0 Å². The lowest BCUT2D eigenvalue weighted by molar-refractivity contribution is 0.0652. The average molecular weight is 261 g/mol. The first kappa shape index (κ1) is 13.8. The van der Waals surface area contributed by atoms with Crippen molar-refractivity contribution in [1.29, 1.82) is 0 Å². The number of hydrogen-bond acceptors (Lipinski definition) is 3. The van der Waals surface area contributed by atoms with E-state index in [0.717, 1.165) is 42.8 Å². The molecular formula is C15H23N3O. The van der Waals surface area contributed by atoms with Gasteiger partial charge in [0.15, 0.2) is 0 Å². The number of amides is 1. The lowest BCUT2D eigenvalue weighted by atomic mass is 9.91. The molecule has 1 aliphatic carbocycles. The Bertz CT molecular complexity index is 455. The molecule has 0 bridgehead atoms. The van der Waals surface area contributed by atoms with Gasteiger partial charge in [-0.05, 0) is 37.8 Å².